The van der Waals surface area contributed by atoms with E-state index in [2.05, 4.69) is 98.0 Å². The Bertz CT molecular complexity index is 721. The second kappa shape index (κ2) is 10.7. The Morgan fingerprint density at radius 3 is 2.08 bits per heavy atom. The summed E-state index contributed by atoms with van der Waals surface area (Å²) in [6.45, 7) is 23.5. The van der Waals surface area contributed by atoms with Crippen LogP contribution in [0.5, 0.6) is 0 Å². The van der Waals surface area contributed by atoms with Crippen LogP contribution in [-0.4, -0.2) is 5.48 Å². The molecule has 5 N–H and O–H groups in total. The predicted octanol–water partition coefficient (Wildman–Crippen LogP) is 6.79. The van der Waals surface area contributed by atoms with Gasteiger partial charge in [0.05, 0.1) is 0 Å². The topological polar surface area (TPSA) is 66.5 Å². The molecule has 26 heavy (non-hydrogen) atoms. The summed E-state index contributed by atoms with van der Waals surface area (Å²) < 4.78 is 0. The molecule has 144 valence electrons. The molecule has 0 radical (unpaired) electrons. The lowest BCUT2D eigenvalue weighted by molar-refractivity contribution is 0.513. The molecule has 0 aliphatic heterocycles. The van der Waals surface area contributed by atoms with E-state index in [9.17, 15) is 0 Å². The van der Waals surface area contributed by atoms with Gasteiger partial charge in [0.1, 0.15) is 0 Å². The average molecular weight is 356 g/mol. The summed E-state index contributed by atoms with van der Waals surface area (Å²) in [4.78, 5) is 0. The molecule has 0 aliphatic rings. The molecule has 1 rings (SSSR count). The van der Waals surface area contributed by atoms with Gasteiger partial charge in [0, 0.05) is 0 Å². The average Bonchev–Trinajstić information content (AvgIpc) is 2.49. The monoisotopic (exact) mass is 355 g/mol. The van der Waals surface area contributed by atoms with Crippen LogP contribution in [0.2, 0.25) is 0 Å². The van der Waals surface area contributed by atoms with E-state index in [0.29, 0.717) is 0 Å². The first-order valence-electron chi connectivity index (χ1n) is 8.57. The molecule has 1 aromatic carbocycles. The molecule has 0 saturated heterocycles. The highest BCUT2D eigenvalue weighted by Gasteiger charge is 2.20. The van der Waals surface area contributed by atoms with Crippen LogP contribution < -0.4 is 6.15 Å². The molecule has 0 atom stereocenters. The summed E-state index contributed by atoms with van der Waals surface area (Å²) in [6.07, 6.45) is 6.34. The maximum atomic E-state index is 4.36. The lowest BCUT2D eigenvalue weighted by atomic mass is 9.79. The maximum Gasteiger partial charge on any atom is -0.0132 e. The number of hydrogen-bond donors (Lipinski definition) is 1. The van der Waals surface area contributed by atoms with Gasteiger partial charge in [-0.1, -0.05) is 81.5 Å². The van der Waals surface area contributed by atoms with Crippen molar-refractivity contribution < 1.29 is 5.48 Å². The third-order valence-electron chi connectivity index (χ3n) is 4.22. The summed E-state index contributed by atoms with van der Waals surface area (Å²) in [5.41, 5.74) is 8.50. The zero-order valence-corrected chi connectivity index (χ0v) is 17.7. The van der Waals surface area contributed by atoms with Crippen LogP contribution in [0.15, 0.2) is 77.9 Å². The normalized spacial score (nSPS) is 11.8. The Morgan fingerprint density at radius 2 is 1.69 bits per heavy atom. The van der Waals surface area contributed by atoms with E-state index < -0.39 is 0 Å². The summed E-state index contributed by atoms with van der Waals surface area (Å²) >= 11 is 0. The van der Waals surface area contributed by atoms with E-state index in [1.165, 1.54) is 27.8 Å². The molecule has 0 spiro atoms. The van der Waals surface area contributed by atoms with E-state index in [1.807, 2.05) is 6.08 Å². The zero-order chi connectivity index (χ0) is 18.5. The molecule has 0 amide bonds. The molecule has 1 aromatic rings. The summed E-state index contributed by atoms with van der Waals surface area (Å²) in [6, 6.07) is 8.54. The molecule has 0 aromatic heterocycles. The van der Waals surface area contributed by atoms with Crippen molar-refractivity contribution in [3.05, 3.63) is 89.1 Å². The van der Waals surface area contributed by atoms with Crippen molar-refractivity contribution in [3.8, 4) is 0 Å². The van der Waals surface area contributed by atoms with Gasteiger partial charge >= 0.3 is 0 Å². The minimum atomic E-state index is 0. The van der Waals surface area contributed by atoms with Crippen molar-refractivity contribution in [3.63, 3.8) is 0 Å². The van der Waals surface area contributed by atoms with Gasteiger partial charge in [-0.05, 0) is 67.0 Å². The van der Waals surface area contributed by atoms with Crippen LogP contribution >= 0.6 is 0 Å². The third-order valence-corrected chi connectivity index (χ3v) is 4.22. The van der Waals surface area contributed by atoms with Crippen LogP contribution in [0, 0.1) is 12.3 Å². The molecular formula is C24H37NO. The smallest absolute Gasteiger partial charge is 0.0132 e. The third kappa shape index (κ3) is 6.62. The SMILES string of the molecule is C=C/C(=C\C(=C(C)C)/C(=C\C)C(=C)C(C)(C)C)c1cccc(C)c1.N.O. The fourth-order valence-corrected chi connectivity index (χ4v) is 2.63. The number of aryl methyl sites for hydroxylation is 1. The summed E-state index contributed by atoms with van der Waals surface area (Å²) in [5, 5.41) is 0. The first-order chi connectivity index (χ1) is 11.1. The molecule has 0 heterocycles. The predicted molar refractivity (Wildman–Crippen MR) is 119 cm³/mol. The van der Waals surface area contributed by atoms with Gasteiger partial charge in [-0.2, -0.15) is 0 Å². The summed E-state index contributed by atoms with van der Waals surface area (Å²) in [5.74, 6) is 0. The van der Waals surface area contributed by atoms with E-state index in [1.54, 1.807) is 0 Å². The number of hydrogen-bond acceptors (Lipinski definition) is 1. The standard InChI is InChI=1S/C24H32.H3N.H2O/c1-10-20(21-14-12-13-18(5)15-21)16-23(17(3)4)22(11-2)19(6)24(7,8)9;;/h10-16H,1,6H2,2-5,7-9H3;1H3;1H2/b20-16+,22-11-;;. The lowest BCUT2D eigenvalue weighted by Gasteiger charge is -2.26. The van der Waals surface area contributed by atoms with Crippen LogP contribution in [0.1, 0.15) is 52.7 Å². The summed E-state index contributed by atoms with van der Waals surface area (Å²) in [7, 11) is 0. The fraction of sp³-hybridized carbons (Fsp3) is 0.333. The van der Waals surface area contributed by atoms with Gasteiger partial charge < -0.3 is 11.6 Å². The van der Waals surface area contributed by atoms with Gasteiger partial charge in [0.2, 0.25) is 0 Å². The molecule has 2 heteroatoms. The highest BCUT2D eigenvalue weighted by molar-refractivity contribution is 5.78. The van der Waals surface area contributed by atoms with Crippen LogP contribution in [0.4, 0.5) is 0 Å². The maximum absolute atomic E-state index is 4.36. The van der Waals surface area contributed by atoms with Crippen molar-refractivity contribution in [2.75, 3.05) is 0 Å². The van der Waals surface area contributed by atoms with E-state index in [-0.39, 0.29) is 17.0 Å². The zero-order valence-electron chi connectivity index (χ0n) is 17.7. The molecular weight excluding hydrogens is 318 g/mol. The lowest BCUT2D eigenvalue weighted by Crippen LogP contribution is -2.12. The Balaban J connectivity index is 0. The first kappa shape index (κ1) is 26.1. The van der Waals surface area contributed by atoms with Crippen LogP contribution in [-0.2, 0) is 0 Å². The largest absolute Gasteiger partial charge is 0.412 e. The van der Waals surface area contributed by atoms with Crippen molar-refractivity contribution in [2.24, 2.45) is 5.41 Å². The highest BCUT2D eigenvalue weighted by atomic mass is 16.0. The van der Waals surface area contributed by atoms with Crippen molar-refractivity contribution >= 4 is 5.57 Å². The van der Waals surface area contributed by atoms with E-state index in [4.69, 9.17) is 0 Å². The molecule has 0 aliphatic carbocycles. The molecule has 0 bridgehead atoms. The van der Waals surface area contributed by atoms with E-state index >= 15 is 0 Å². The Labute approximate surface area is 160 Å². The first-order valence-corrected chi connectivity index (χ1v) is 8.57. The minimum absolute atomic E-state index is 0. The van der Waals surface area contributed by atoms with E-state index in [0.717, 1.165) is 11.1 Å². The minimum Gasteiger partial charge on any atom is -0.412 e. The van der Waals surface area contributed by atoms with Gasteiger partial charge in [0.25, 0.3) is 0 Å². The van der Waals surface area contributed by atoms with Crippen molar-refractivity contribution in [1.29, 1.82) is 0 Å². The van der Waals surface area contributed by atoms with Gasteiger partial charge in [0.15, 0.2) is 0 Å². The number of rotatable bonds is 5. The molecule has 0 saturated carbocycles. The van der Waals surface area contributed by atoms with Crippen LogP contribution in [0.3, 0.4) is 0 Å². The fourth-order valence-electron chi connectivity index (χ4n) is 2.63. The quantitative estimate of drug-likeness (QED) is 0.581. The van der Waals surface area contributed by atoms with Gasteiger partial charge in [-0.25, -0.2) is 0 Å². The number of allylic oxidation sites excluding steroid dienone is 8. The van der Waals surface area contributed by atoms with Gasteiger partial charge in [-0.15, -0.1) is 0 Å². The van der Waals surface area contributed by atoms with Crippen molar-refractivity contribution in [2.45, 2.75) is 48.5 Å². The Kier molecular flexibility index (Phi) is 10.8. The Morgan fingerprint density at radius 1 is 1.12 bits per heavy atom. The Hall–Kier alpha value is -2.16. The second-order valence-electron chi connectivity index (χ2n) is 7.52. The molecule has 0 fully saturated rings. The second-order valence-corrected chi connectivity index (χ2v) is 7.52. The molecule has 0 unspecified atom stereocenters. The van der Waals surface area contributed by atoms with Gasteiger partial charge in [-0.3, -0.25) is 0 Å². The van der Waals surface area contributed by atoms with Crippen LogP contribution in [0.25, 0.3) is 5.57 Å². The number of benzene rings is 1. The highest BCUT2D eigenvalue weighted by Crippen LogP contribution is 2.36. The van der Waals surface area contributed by atoms with Crippen molar-refractivity contribution in [1.82, 2.24) is 6.15 Å². The molecule has 2 nitrogen and oxygen atoms in total.